The molecule has 0 aliphatic carbocycles. The van der Waals surface area contributed by atoms with Crippen molar-refractivity contribution in [1.29, 1.82) is 0 Å². The Morgan fingerprint density at radius 3 is 2.75 bits per heavy atom. The molecule has 3 aromatic heterocycles. The van der Waals surface area contributed by atoms with Gasteiger partial charge in [0.05, 0.1) is 12.2 Å². The summed E-state index contributed by atoms with van der Waals surface area (Å²) in [7, 11) is 0. The molecule has 120 valence electrons. The van der Waals surface area contributed by atoms with Crippen molar-refractivity contribution in [3.8, 4) is 11.1 Å². The van der Waals surface area contributed by atoms with Gasteiger partial charge in [0, 0.05) is 29.7 Å². The molecule has 0 amide bonds. The summed E-state index contributed by atoms with van der Waals surface area (Å²) in [6.45, 7) is 4.61. The fourth-order valence-corrected chi connectivity index (χ4v) is 2.88. The van der Waals surface area contributed by atoms with Gasteiger partial charge >= 0.3 is 0 Å². The van der Waals surface area contributed by atoms with E-state index in [1.165, 1.54) is 0 Å². The lowest BCUT2D eigenvalue weighted by Gasteiger charge is -2.08. The average molecular weight is 318 g/mol. The van der Waals surface area contributed by atoms with Crippen molar-refractivity contribution in [3.63, 3.8) is 0 Å². The third kappa shape index (κ3) is 2.52. The van der Waals surface area contributed by atoms with Gasteiger partial charge in [0.25, 0.3) is 0 Å². The summed E-state index contributed by atoms with van der Waals surface area (Å²) in [5.41, 5.74) is 4.96. The van der Waals surface area contributed by atoms with Crippen molar-refractivity contribution in [2.45, 2.75) is 20.4 Å². The van der Waals surface area contributed by atoms with E-state index in [2.05, 4.69) is 27.4 Å². The zero-order valence-electron chi connectivity index (χ0n) is 13.6. The van der Waals surface area contributed by atoms with Crippen LogP contribution in [0.1, 0.15) is 17.2 Å². The molecule has 3 heterocycles. The summed E-state index contributed by atoms with van der Waals surface area (Å²) in [5, 5.41) is 8.08. The van der Waals surface area contributed by atoms with Gasteiger partial charge in [-0.1, -0.05) is 30.3 Å². The molecule has 0 atom stereocenters. The van der Waals surface area contributed by atoms with E-state index in [0.717, 1.165) is 39.8 Å². The van der Waals surface area contributed by atoms with Crippen LogP contribution in [-0.4, -0.2) is 24.6 Å². The SMILES string of the molecule is Cc1cc(NCc2ncc[nH]2)n2nc(C)c(-c3ccccc3)c2n1. The molecule has 0 bridgehead atoms. The summed E-state index contributed by atoms with van der Waals surface area (Å²) >= 11 is 0. The molecule has 6 nitrogen and oxygen atoms in total. The van der Waals surface area contributed by atoms with Crippen LogP contribution in [-0.2, 0) is 6.54 Å². The number of nitrogens with one attached hydrogen (secondary N) is 2. The lowest BCUT2D eigenvalue weighted by molar-refractivity contribution is 0.888. The maximum atomic E-state index is 4.72. The van der Waals surface area contributed by atoms with Crippen LogP contribution < -0.4 is 5.32 Å². The number of rotatable bonds is 4. The minimum atomic E-state index is 0.602. The average Bonchev–Trinajstić information content (AvgIpc) is 3.20. The Morgan fingerprint density at radius 1 is 1.17 bits per heavy atom. The van der Waals surface area contributed by atoms with E-state index in [1.807, 2.05) is 48.8 Å². The van der Waals surface area contributed by atoms with E-state index in [4.69, 9.17) is 10.1 Å². The van der Waals surface area contributed by atoms with Gasteiger partial charge in [0.15, 0.2) is 5.65 Å². The van der Waals surface area contributed by atoms with Crippen LogP contribution >= 0.6 is 0 Å². The van der Waals surface area contributed by atoms with Crippen LogP contribution in [0.2, 0.25) is 0 Å². The van der Waals surface area contributed by atoms with Crippen LogP contribution in [0.3, 0.4) is 0 Å². The minimum Gasteiger partial charge on any atom is -0.363 e. The van der Waals surface area contributed by atoms with Gasteiger partial charge in [-0.2, -0.15) is 9.61 Å². The van der Waals surface area contributed by atoms with Gasteiger partial charge in [0.2, 0.25) is 0 Å². The van der Waals surface area contributed by atoms with Crippen LogP contribution in [0.5, 0.6) is 0 Å². The maximum absolute atomic E-state index is 4.72. The van der Waals surface area contributed by atoms with Gasteiger partial charge in [-0.15, -0.1) is 0 Å². The van der Waals surface area contributed by atoms with Crippen LogP contribution in [0.4, 0.5) is 5.82 Å². The Kier molecular flexibility index (Phi) is 3.49. The lowest BCUT2D eigenvalue weighted by Crippen LogP contribution is -2.07. The lowest BCUT2D eigenvalue weighted by atomic mass is 10.1. The van der Waals surface area contributed by atoms with Crippen LogP contribution in [0.25, 0.3) is 16.8 Å². The Morgan fingerprint density at radius 2 is 2.00 bits per heavy atom. The van der Waals surface area contributed by atoms with E-state index >= 15 is 0 Å². The predicted octanol–water partition coefficient (Wildman–Crippen LogP) is 3.35. The van der Waals surface area contributed by atoms with E-state index in [0.29, 0.717) is 6.54 Å². The molecule has 0 fully saturated rings. The number of imidazole rings is 1. The predicted molar refractivity (Wildman–Crippen MR) is 93.8 cm³/mol. The van der Waals surface area contributed by atoms with Crippen molar-refractivity contribution < 1.29 is 0 Å². The molecule has 4 rings (SSSR count). The zero-order valence-corrected chi connectivity index (χ0v) is 13.6. The molecule has 0 unspecified atom stereocenters. The molecule has 0 saturated heterocycles. The highest BCUT2D eigenvalue weighted by Gasteiger charge is 2.15. The van der Waals surface area contributed by atoms with Crippen molar-refractivity contribution in [2.24, 2.45) is 0 Å². The monoisotopic (exact) mass is 318 g/mol. The van der Waals surface area contributed by atoms with Gasteiger partial charge in [-0.05, 0) is 19.4 Å². The van der Waals surface area contributed by atoms with Crippen LogP contribution in [0.15, 0.2) is 48.8 Å². The molecule has 24 heavy (non-hydrogen) atoms. The fraction of sp³-hybridized carbons (Fsp3) is 0.167. The second kappa shape index (κ2) is 5.81. The number of aromatic amines is 1. The molecule has 6 heteroatoms. The van der Waals surface area contributed by atoms with Crippen LogP contribution in [0, 0.1) is 13.8 Å². The summed E-state index contributed by atoms with van der Waals surface area (Å²) in [6.07, 6.45) is 3.56. The number of anilines is 1. The largest absolute Gasteiger partial charge is 0.363 e. The first-order valence-corrected chi connectivity index (χ1v) is 7.87. The quantitative estimate of drug-likeness (QED) is 0.605. The number of H-pyrrole nitrogens is 1. The van der Waals surface area contributed by atoms with Gasteiger partial charge < -0.3 is 10.3 Å². The standard InChI is InChI=1S/C18H18N6/c1-12-10-16(21-11-15-19-8-9-20-15)24-18(22-12)17(13(2)23-24)14-6-4-3-5-7-14/h3-10,21H,11H2,1-2H3,(H,19,20). The molecular formula is C18H18N6. The van der Waals surface area contributed by atoms with E-state index in [9.17, 15) is 0 Å². The van der Waals surface area contributed by atoms with E-state index in [-0.39, 0.29) is 0 Å². The maximum Gasteiger partial charge on any atom is 0.165 e. The van der Waals surface area contributed by atoms with Gasteiger partial charge in [-0.25, -0.2) is 9.97 Å². The molecule has 0 saturated carbocycles. The molecule has 4 aromatic rings. The molecule has 0 radical (unpaired) electrons. The number of aromatic nitrogens is 5. The van der Waals surface area contributed by atoms with Crippen molar-refractivity contribution in [2.75, 3.05) is 5.32 Å². The highest BCUT2D eigenvalue weighted by Crippen LogP contribution is 2.29. The third-order valence-corrected chi connectivity index (χ3v) is 3.95. The first kappa shape index (κ1) is 14.4. The van der Waals surface area contributed by atoms with Crippen molar-refractivity contribution in [3.05, 3.63) is 66.0 Å². The number of hydrogen-bond acceptors (Lipinski definition) is 4. The number of hydrogen-bond donors (Lipinski definition) is 2. The summed E-state index contributed by atoms with van der Waals surface area (Å²) < 4.78 is 1.87. The van der Waals surface area contributed by atoms with Gasteiger partial charge in [-0.3, -0.25) is 0 Å². The third-order valence-electron chi connectivity index (χ3n) is 3.95. The summed E-state index contributed by atoms with van der Waals surface area (Å²) in [4.78, 5) is 12.0. The Labute approximate surface area is 139 Å². The number of fused-ring (bicyclic) bond motifs is 1. The Balaban J connectivity index is 1.81. The van der Waals surface area contributed by atoms with E-state index < -0.39 is 0 Å². The molecule has 0 spiro atoms. The molecule has 1 aromatic carbocycles. The molecular weight excluding hydrogens is 300 g/mol. The Bertz CT molecular complexity index is 970. The highest BCUT2D eigenvalue weighted by molar-refractivity contribution is 5.80. The van der Waals surface area contributed by atoms with E-state index in [1.54, 1.807) is 6.20 Å². The number of nitrogens with zero attached hydrogens (tertiary/aromatic N) is 4. The first-order chi connectivity index (χ1) is 11.7. The topological polar surface area (TPSA) is 70.9 Å². The molecule has 2 N–H and O–H groups in total. The van der Waals surface area contributed by atoms with Crippen molar-refractivity contribution in [1.82, 2.24) is 24.6 Å². The molecule has 0 aliphatic heterocycles. The van der Waals surface area contributed by atoms with Gasteiger partial charge in [0.1, 0.15) is 11.6 Å². The summed E-state index contributed by atoms with van der Waals surface area (Å²) in [5.74, 6) is 1.78. The summed E-state index contributed by atoms with van der Waals surface area (Å²) in [6, 6.07) is 12.2. The number of benzene rings is 1. The second-order valence-corrected chi connectivity index (χ2v) is 5.73. The Hall–Kier alpha value is -3.15. The highest BCUT2D eigenvalue weighted by atomic mass is 15.3. The normalized spacial score (nSPS) is 11.1. The zero-order chi connectivity index (χ0) is 16.5. The first-order valence-electron chi connectivity index (χ1n) is 7.87. The molecule has 0 aliphatic rings. The fourth-order valence-electron chi connectivity index (χ4n) is 2.88. The van der Waals surface area contributed by atoms with Crippen molar-refractivity contribution >= 4 is 11.5 Å². The minimum absolute atomic E-state index is 0.602. The second-order valence-electron chi connectivity index (χ2n) is 5.73. The smallest absolute Gasteiger partial charge is 0.165 e. The number of aryl methyl sites for hydroxylation is 2.